The van der Waals surface area contributed by atoms with E-state index >= 15 is 0 Å². The van der Waals surface area contributed by atoms with Crippen LogP contribution in [0.3, 0.4) is 0 Å². The van der Waals surface area contributed by atoms with Crippen LogP contribution in [0.2, 0.25) is 0 Å². The predicted octanol–water partition coefficient (Wildman–Crippen LogP) is 3.00. The summed E-state index contributed by atoms with van der Waals surface area (Å²) in [6.07, 6.45) is 0. The highest BCUT2D eigenvalue weighted by molar-refractivity contribution is 9.10. The molecule has 2 aromatic rings. The van der Waals surface area contributed by atoms with Crippen molar-refractivity contribution < 1.29 is 9.72 Å². The van der Waals surface area contributed by atoms with E-state index in [0.29, 0.717) is 10.4 Å². The van der Waals surface area contributed by atoms with Gasteiger partial charge in [0.15, 0.2) is 0 Å². The molecule has 0 aliphatic rings. The molecular weight excluding hydrogens is 314 g/mol. The van der Waals surface area contributed by atoms with Crippen molar-refractivity contribution >= 4 is 33.3 Å². The van der Waals surface area contributed by atoms with Crippen LogP contribution in [0.15, 0.2) is 47.1 Å². The Morgan fingerprint density at radius 1 is 1.26 bits per heavy atom. The van der Waals surface area contributed by atoms with Crippen LogP contribution in [0, 0.1) is 10.1 Å². The second-order valence-corrected chi connectivity index (χ2v) is 4.42. The number of non-ortho nitro benzene ring substituents is 1. The fourth-order valence-corrected chi connectivity index (χ4v) is 1.77. The van der Waals surface area contributed by atoms with E-state index in [-0.39, 0.29) is 11.3 Å². The first-order valence-corrected chi connectivity index (χ1v) is 6.04. The van der Waals surface area contributed by atoms with Crippen LogP contribution in [0.25, 0.3) is 0 Å². The number of carbonyl (C=O) groups excluding carboxylic acids is 1. The van der Waals surface area contributed by atoms with Crippen LogP contribution >= 0.6 is 15.9 Å². The molecular formula is C12H8BrN3O3. The van der Waals surface area contributed by atoms with E-state index in [1.165, 1.54) is 24.3 Å². The number of pyridine rings is 1. The zero-order valence-corrected chi connectivity index (χ0v) is 11.1. The maximum Gasteiger partial charge on any atom is 0.270 e. The van der Waals surface area contributed by atoms with Gasteiger partial charge in [-0.15, -0.1) is 0 Å². The average Bonchev–Trinajstić information content (AvgIpc) is 2.39. The maximum atomic E-state index is 11.9. The number of hydrogen-bond acceptors (Lipinski definition) is 4. The molecule has 2 rings (SSSR count). The second-order valence-electron chi connectivity index (χ2n) is 3.61. The maximum absolute atomic E-state index is 11.9. The molecule has 0 saturated carbocycles. The minimum atomic E-state index is -0.547. The number of benzene rings is 1. The third-order valence-corrected chi connectivity index (χ3v) is 2.72. The van der Waals surface area contributed by atoms with Gasteiger partial charge in [0.25, 0.3) is 11.6 Å². The van der Waals surface area contributed by atoms with Gasteiger partial charge in [-0.1, -0.05) is 12.1 Å². The molecule has 0 atom stereocenters. The Bertz CT molecular complexity index is 646. The van der Waals surface area contributed by atoms with Gasteiger partial charge < -0.3 is 5.32 Å². The summed E-state index contributed by atoms with van der Waals surface area (Å²) >= 11 is 3.19. The summed E-state index contributed by atoms with van der Waals surface area (Å²) < 4.78 is 0.587. The van der Waals surface area contributed by atoms with Crippen molar-refractivity contribution in [1.29, 1.82) is 0 Å². The molecule has 0 radical (unpaired) electrons. The summed E-state index contributed by atoms with van der Waals surface area (Å²) in [5, 5.41) is 13.2. The zero-order valence-electron chi connectivity index (χ0n) is 9.54. The average molecular weight is 322 g/mol. The van der Waals surface area contributed by atoms with Crippen LogP contribution in [0.4, 0.5) is 11.5 Å². The van der Waals surface area contributed by atoms with E-state index in [9.17, 15) is 14.9 Å². The summed E-state index contributed by atoms with van der Waals surface area (Å²) in [7, 11) is 0. The van der Waals surface area contributed by atoms with Gasteiger partial charge >= 0.3 is 0 Å². The lowest BCUT2D eigenvalue weighted by atomic mass is 10.2. The summed E-state index contributed by atoms with van der Waals surface area (Å²) in [5.41, 5.74) is 0.0748. The fourth-order valence-electron chi connectivity index (χ4n) is 1.43. The monoisotopic (exact) mass is 321 g/mol. The number of nitrogens with zero attached hydrogens (tertiary/aromatic N) is 2. The molecule has 0 aliphatic carbocycles. The molecule has 0 unspecified atom stereocenters. The lowest BCUT2D eigenvalue weighted by Gasteiger charge is -2.04. The van der Waals surface area contributed by atoms with E-state index in [1.54, 1.807) is 18.2 Å². The normalized spacial score (nSPS) is 9.95. The number of amides is 1. The van der Waals surface area contributed by atoms with Gasteiger partial charge in [0.1, 0.15) is 10.4 Å². The van der Waals surface area contributed by atoms with E-state index in [4.69, 9.17) is 0 Å². The molecule has 0 fully saturated rings. The zero-order chi connectivity index (χ0) is 13.8. The van der Waals surface area contributed by atoms with Crippen LogP contribution < -0.4 is 5.32 Å². The summed E-state index contributed by atoms with van der Waals surface area (Å²) in [5.74, 6) is -0.0832. The molecule has 6 nitrogen and oxygen atoms in total. The van der Waals surface area contributed by atoms with Gasteiger partial charge in [0.2, 0.25) is 0 Å². The number of carbonyl (C=O) groups is 1. The standard InChI is InChI=1S/C12H8BrN3O3/c13-10-5-2-6-11(14-10)15-12(17)8-3-1-4-9(7-8)16(18)19/h1-7H,(H,14,15,17). The minimum Gasteiger partial charge on any atom is -0.307 e. The first kappa shape index (κ1) is 13.2. The number of nitro benzene ring substituents is 1. The third kappa shape index (κ3) is 3.35. The lowest BCUT2D eigenvalue weighted by Crippen LogP contribution is -2.13. The van der Waals surface area contributed by atoms with Gasteiger partial charge in [-0.2, -0.15) is 0 Å². The highest BCUT2D eigenvalue weighted by Crippen LogP contribution is 2.15. The van der Waals surface area contributed by atoms with Crippen molar-refractivity contribution in [3.05, 3.63) is 62.7 Å². The van der Waals surface area contributed by atoms with Crippen molar-refractivity contribution in [3.8, 4) is 0 Å². The molecule has 1 aromatic carbocycles. The van der Waals surface area contributed by atoms with Crippen LogP contribution in [0.1, 0.15) is 10.4 Å². The summed E-state index contributed by atoms with van der Waals surface area (Å²) in [6.45, 7) is 0. The van der Waals surface area contributed by atoms with Gasteiger partial charge in [-0.05, 0) is 34.1 Å². The Kier molecular flexibility index (Phi) is 3.86. The van der Waals surface area contributed by atoms with Gasteiger partial charge in [-0.25, -0.2) is 4.98 Å². The number of nitrogens with one attached hydrogen (secondary N) is 1. The number of halogens is 1. The quantitative estimate of drug-likeness (QED) is 0.535. The van der Waals surface area contributed by atoms with Gasteiger partial charge in [-0.3, -0.25) is 14.9 Å². The van der Waals surface area contributed by atoms with Crippen LogP contribution in [-0.4, -0.2) is 15.8 Å². The topological polar surface area (TPSA) is 85.1 Å². The van der Waals surface area contributed by atoms with Crippen LogP contribution in [0.5, 0.6) is 0 Å². The first-order valence-electron chi connectivity index (χ1n) is 5.24. The molecule has 1 aromatic heterocycles. The number of nitro groups is 1. The lowest BCUT2D eigenvalue weighted by molar-refractivity contribution is -0.384. The van der Waals surface area contributed by atoms with E-state index in [2.05, 4.69) is 26.2 Å². The van der Waals surface area contributed by atoms with E-state index in [1.807, 2.05) is 0 Å². The Balaban J connectivity index is 2.20. The number of hydrogen-bond donors (Lipinski definition) is 1. The molecule has 0 spiro atoms. The highest BCUT2D eigenvalue weighted by Gasteiger charge is 2.12. The Morgan fingerprint density at radius 2 is 2.00 bits per heavy atom. The summed E-state index contributed by atoms with van der Waals surface area (Å²) in [6, 6.07) is 10.6. The first-order chi connectivity index (χ1) is 9.06. The predicted molar refractivity (Wildman–Crippen MR) is 73.0 cm³/mol. The largest absolute Gasteiger partial charge is 0.307 e. The van der Waals surface area contributed by atoms with Crippen molar-refractivity contribution in [3.63, 3.8) is 0 Å². The molecule has 1 heterocycles. The second kappa shape index (κ2) is 5.57. The minimum absolute atomic E-state index is 0.130. The Hall–Kier alpha value is -2.28. The van der Waals surface area contributed by atoms with Crippen LogP contribution in [-0.2, 0) is 0 Å². The SMILES string of the molecule is O=C(Nc1cccc(Br)n1)c1cccc([N+](=O)[O-])c1. The van der Waals surface area contributed by atoms with E-state index in [0.717, 1.165) is 0 Å². The summed E-state index contributed by atoms with van der Waals surface area (Å²) in [4.78, 5) is 26.0. The number of anilines is 1. The number of aromatic nitrogens is 1. The molecule has 1 N–H and O–H groups in total. The third-order valence-electron chi connectivity index (χ3n) is 2.28. The molecule has 19 heavy (non-hydrogen) atoms. The Labute approximate surface area is 116 Å². The highest BCUT2D eigenvalue weighted by atomic mass is 79.9. The van der Waals surface area contributed by atoms with Crippen molar-refractivity contribution in [2.45, 2.75) is 0 Å². The molecule has 96 valence electrons. The molecule has 0 bridgehead atoms. The van der Waals surface area contributed by atoms with Gasteiger partial charge in [0, 0.05) is 17.7 Å². The fraction of sp³-hybridized carbons (Fsp3) is 0. The van der Waals surface area contributed by atoms with Crippen molar-refractivity contribution in [1.82, 2.24) is 4.98 Å². The van der Waals surface area contributed by atoms with Crippen molar-refractivity contribution in [2.24, 2.45) is 0 Å². The smallest absolute Gasteiger partial charge is 0.270 e. The molecule has 7 heteroatoms. The molecule has 1 amide bonds. The Morgan fingerprint density at radius 3 is 2.68 bits per heavy atom. The molecule has 0 saturated heterocycles. The van der Waals surface area contributed by atoms with Gasteiger partial charge in [0.05, 0.1) is 4.92 Å². The van der Waals surface area contributed by atoms with E-state index < -0.39 is 10.8 Å². The van der Waals surface area contributed by atoms with Crippen molar-refractivity contribution in [2.75, 3.05) is 5.32 Å². The molecule has 0 aliphatic heterocycles. The number of rotatable bonds is 3.